The van der Waals surface area contributed by atoms with Crippen LogP contribution in [0.25, 0.3) is 0 Å². The van der Waals surface area contributed by atoms with E-state index in [1.54, 1.807) is 0 Å². The lowest BCUT2D eigenvalue weighted by Gasteiger charge is -2.39. The second-order valence-corrected chi connectivity index (χ2v) is 13.8. The Kier molecular flexibility index (Phi) is 10.4. The SMILES string of the molecule is CCCCC(CC)CP(=S)(S)C(C)(CC)CCCC. The van der Waals surface area contributed by atoms with Crippen molar-refractivity contribution in [2.45, 2.75) is 91.1 Å². The maximum atomic E-state index is 6.06. The summed E-state index contributed by atoms with van der Waals surface area (Å²) in [7, 11) is 0. The van der Waals surface area contributed by atoms with Gasteiger partial charge in [0.15, 0.2) is 0 Å². The van der Waals surface area contributed by atoms with E-state index in [1.165, 1.54) is 57.5 Å². The first-order chi connectivity index (χ1) is 8.86. The summed E-state index contributed by atoms with van der Waals surface area (Å²) < 4.78 is 0. The molecule has 0 radical (unpaired) electrons. The topological polar surface area (TPSA) is 0 Å². The second kappa shape index (κ2) is 9.85. The first-order valence-corrected chi connectivity index (χ1v) is 12.3. The molecule has 0 bridgehead atoms. The summed E-state index contributed by atoms with van der Waals surface area (Å²) in [4.78, 5) is 0. The van der Waals surface area contributed by atoms with Crippen LogP contribution >= 0.6 is 17.5 Å². The van der Waals surface area contributed by atoms with E-state index in [1.807, 2.05) is 0 Å². The summed E-state index contributed by atoms with van der Waals surface area (Å²) in [6.45, 7) is 11.6. The number of hydrogen-bond acceptors (Lipinski definition) is 1. The van der Waals surface area contributed by atoms with Crippen molar-refractivity contribution in [2.24, 2.45) is 5.92 Å². The molecule has 0 amide bonds. The van der Waals surface area contributed by atoms with Gasteiger partial charge in [0.2, 0.25) is 0 Å². The average Bonchev–Trinajstić information content (AvgIpc) is 2.40. The van der Waals surface area contributed by atoms with Gasteiger partial charge in [-0.15, -0.1) is 12.2 Å². The molecule has 0 aliphatic carbocycles. The van der Waals surface area contributed by atoms with Crippen LogP contribution in [0.5, 0.6) is 0 Å². The third-order valence-electron chi connectivity index (χ3n) is 4.72. The molecule has 0 fully saturated rings. The molecule has 0 nitrogen and oxygen atoms in total. The summed E-state index contributed by atoms with van der Waals surface area (Å²) in [5.41, 5.74) is 0. The predicted molar refractivity (Wildman–Crippen MR) is 99.7 cm³/mol. The standard InChI is InChI=1S/C16H35PS2/c1-6-10-12-15(8-3)14-17(18,19)16(5,9-4)13-11-7-2/h15H,6-14H2,1-5H3,(H,18,19). The Morgan fingerprint density at radius 2 is 1.68 bits per heavy atom. The van der Waals surface area contributed by atoms with Gasteiger partial charge < -0.3 is 0 Å². The molecule has 19 heavy (non-hydrogen) atoms. The number of hydrogen-bond donors (Lipinski definition) is 1. The van der Waals surface area contributed by atoms with Gasteiger partial charge in [0.1, 0.15) is 0 Å². The summed E-state index contributed by atoms with van der Waals surface area (Å²) in [6.07, 6.45) is 11.5. The Morgan fingerprint density at radius 1 is 1.11 bits per heavy atom. The normalized spacial score (nSPS) is 19.7. The molecule has 0 spiro atoms. The Hall–Kier alpha value is 1.00. The Bertz CT molecular complexity index is 278. The molecule has 0 saturated carbocycles. The second-order valence-electron chi connectivity index (χ2n) is 6.25. The highest BCUT2D eigenvalue weighted by Gasteiger charge is 2.36. The monoisotopic (exact) mass is 322 g/mol. The fraction of sp³-hybridized carbons (Fsp3) is 1.00. The van der Waals surface area contributed by atoms with Crippen LogP contribution in [0.4, 0.5) is 0 Å². The van der Waals surface area contributed by atoms with Crippen LogP contribution in [-0.2, 0) is 11.8 Å². The molecular formula is C16H35PS2. The number of thiol groups is 1. The number of unbranched alkanes of at least 4 members (excludes halogenated alkanes) is 2. The van der Waals surface area contributed by atoms with E-state index < -0.39 is 5.24 Å². The molecule has 0 aromatic heterocycles. The van der Waals surface area contributed by atoms with Gasteiger partial charge in [0, 0.05) is 10.4 Å². The van der Waals surface area contributed by atoms with E-state index in [9.17, 15) is 0 Å². The molecule has 3 heteroatoms. The fourth-order valence-corrected chi connectivity index (χ4v) is 7.94. The first-order valence-electron chi connectivity index (χ1n) is 8.18. The van der Waals surface area contributed by atoms with Crippen molar-refractivity contribution >= 4 is 29.3 Å². The predicted octanol–water partition coefficient (Wildman–Crippen LogP) is 6.89. The molecule has 0 heterocycles. The van der Waals surface area contributed by atoms with E-state index in [-0.39, 0.29) is 0 Å². The molecule has 0 saturated heterocycles. The van der Waals surface area contributed by atoms with Crippen molar-refractivity contribution < 1.29 is 0 Å². The quantitative estimate of drug-likeness (QED) is 0.319. The molecule has 0 N–H and O–H groups in total. The average molecular weight is 323 g/mol. The maximum Gasteiger partial charge on any atom is 0.00929 e. The lowest BCUT2D eigenvalue weighted by atomic mass is 10.0. The molecule has 0 aromatic rings. The van der Waals surface area contributed by atoms with Gasteiger partial charge in [-0.05, 0) is 24.9 Å². The zero-order valence-electron chi connectivity index (χ0n) is 13.7. The van der Waals surface area contributed by atoms with Crippen LogP contribution < -0.4 is 0 Å². The molecule has 0 aromatic carbocycles. The maximum absolute atomic E-state index is 6.06. The van der Waals surface area contributed by atoms with Crippen LogP contribution in [0.1, 0.15) is 86.0 Å². The highest BCUT2D eigenvalue weighted by Crippen LogP contribution is 2.66. The Morgan fingerprint density at radius 3 is 2.11 bits per heavy atom. The smallest absolute Gasteiger partial charge is 0.00929 e. The molecular weight excluding hydrogens is 287 g/mol. The summed E-state index contributed by atoms with van der Waals surface area (Å²) >= 11 is 11.1. The van der Waals surface area contributed by atoms with Gasteiger partial charge in [-0.2, -0.15) is 0 Å². The van der Waals surface area contributed by atoms with Gasteiger partial charge in [0.05, 0.1) is 0 Å². The van der Waals surface area contributed by atoms with E-state index in [2.05, 4.69) is 34.6 Å². The van der Waals surface area contributed by atoms with Crippen LogP contribution in [0.15, 0.2) is 0 Å². The van der Waals surface area contributed by atoms with Crippen LogP contribution in [0, 0.1) is 5.92 Å². The van der Waals surface area contributed by atoms with Crippen molar-refractivity contribution in [3.63, 3.8) is 0 Å². The number of rotatable bonds is 11. The highest BCUT2D eigenvalue weighted by molar-refractivity contribution is 8.63. The molecule has 0 rings (SSSR count). The van der Waals surface area contributed by atoms with Crippen molar-refractivity contribution in [1.82, 2.24) is 0 Å². The van der Waals surface area contributed by atoms with Gasteiger partial charge in [-0.1, -0.05) is 85.0 Å². The largest absolute Gasteiger partial charge is 0.140 e. The fourth-order valence-electron chi connectivity index (χ4n) is 2.64. The zero-order valence-corrected chi connectivity index (χ0v) is 16.3. The third-order valence-corrected chi connectivity index (χ3v) is 11.7. The molecule has 3 atom stereocenters. The highest BCUT2D eigenvalue weighted by atomic mass is 32.9. The van der Waals surface area contributed by atoms with Gasteiger partial charge in [-0.3, -0.25) is 0 Å². The van der Waals surface area contributed by atoms with Crippen LogP contribution in [-0.4, -0.2) is 11.3 Å². The van der Waals surface area contributed by atoms with Gasteiger partial charge >= 0.3 is 0 Å². The minimum atomic E-state index is -1.53. The first kappa shape index (κ1) is 20.0. The Labute approximate surface area is 132 Å². The van der Waals surface area contributed by atoms with Crippen molar-refractivity contribution in [3.05, 3.63) is 0 Å². The molecule has 3 unspecified atom stereocenters. The summed E-state index contributed by atoms with van der Waals surface area (Å²) in [5, 5.41) is -1.22. The van der Waals surface area contributed by atoms with E-state index >= 15 is 0 Å². The zero-order chi connectivity index (χ0) is 14.9. The lowest BCUT2D eigenvalue weighted by Crippen LogP contribution is -2.25. The molecule has 0 aliphatic rings. The Balaban J connectivity index is 4.74. The van der Waals surface area contributed by atoms with Crippen molar-refractivity contribution in [1.29, 1.82) is 0 Å². The van der Waals surface area contributed by atoms with Crippen molar-refractivity contribution in [2.75, 3.05) is 6.16 Å². The van der Waals surface area contributed by atoms with Crippen molar-refractivity contribution in [3.8, 4) is 0 Å². The summed E-state index contributed by atoms with van der Waals surface area (Å²) in [6, 6.07) is 0. The molecule has 0 aliphatic heterocycles. The van der Waals surface area contributed by atoms with E-state index in [0.717, 1.165) is 5.92 Å². The van der Waals surface area contributed by atoms with Gasteiger partial charge in [0.25, 0.3) is 0 Å². The van der Waals surface area contributed by atoms with Crippen LogP contribution in [0.2, 0.25) is 0 Å². The molecule has 116 valence electrons. The van der Waals surface area contributed by atoms with Gasteiger partial charge in [-0.25, -0.2) is 0 Å². The minimum absolute atomic E-state index is 0.307. The summed E-state index contributed by atoms with van der Waals surface area (Å²) in [5.74, 6) is 0.802. The van der Waals surface area contributed by atoms with E-state index in [0.29, 0.717) is 5.16 Å². The van der Waals surface area contributed by atoms with E-state index in [4.69, 9.17) is 24.1 Å². The lowest BCUT2D eigenvalue weighted by molar-refractivity contribution is 0.485. The minimum Gasteiger partial charge on any atom is -0.140 e. The third kappa shape index (κ3) is 6.53. The van der Waals surface area contributed by atoms with Crippen LogP contribution in [0.3, 0.4) is 0 Å².